The van der Waals surface area contributed by atoms with Crippen molar-refractivity contribution in [1.29, 1.82) is 0 Å². The molecule has 2 rings (SSSR count). The molecule has 1 unspecified atom stereocenters. The number of likely N-dealkylation sites (tertiary alicyclic amines) is 1. The van der Waals surface area contributed by atoms with Crippen molar-refractivity contribution in [3.05, 3.63) is 23.9 Å². The molecule has 1 aromatic rings. The lowest BCUT2D eigenvalue weighted by Crippen LogP contribution is -2.37. The van der Waals surface area contributed by atoms with Crippen molar-refractivity contribution in [3.63, 3.8) is 0 Å². The van der Waals surface area contributed by atoms with E-state index in [1.807, 2.05) is 19.1 Å². The summed E-state index contributed by atoms with van der Waals surface area (Å²) in [6.45, 7) is 4.63. The summed E-state index contributed by atoms with van der Waals surface area (Å²) in [5.74, 6) is -0.864. The third-order valence-electron chi connectivity index (χ3n) is 3.03. The van der Waals surface area contributed by atoms with Crippen molar-refractivity contribution in [2.24, 2.45) is 0 Å². The van der Waals surface area contributed by atoms with Gasteiger partial charge in [0.15, 0.2) is 0 Å². The summed E-state index contributed by atoms with van der Waals surface area (Å²) < 4.78 is 10.4. The number of aryl methyl sites for hydroxylation is 1. The summed E-state index contributed by atoms with van der Waals surface area (Å²) in [5.41, 5.74) is 0.875. The van der Waals surface area contributed by atoms with Crippen LogP contribution >= 0.6 is 0 Å². The molecule has 1 saturated heterocycles. The quantitative estimate of drug-likeness (QED) is 0.608. The fraction of sp³-hybridized carbons (Fsp3) is 0.500. The maximum Gasteiger partial charge on any atom is 0.397 e. The highest BCUT2D eigenvalue weighted by atomic mass is 16.5. The molecule has 0 spiro atoms. The van der Waals surface area contributed by atoms with Gasteiger partial charge in [0.1, 0.15) is 6.10 Å². The second kappa shape index (κ2) is 6.36. The van der Waals surface area contributed by atoms with E-state index in [1.165, 1.54) is 4.90 Å². The minimum atomic E-state index is -0.804. The zero-order valence-corrected chi connectivity index (χ0v) is 11.7. The third-order valence-corrected chi connectivity index (χ3v) is 3.03. The van der Waals surface area contributed by atoms with Gasteiger partial charge in [-0.1, -0.05) is 6.07 Å². The number of hydrogen-bond acceptors (Lipinski definition) is 5. The van der Waals surface area contributed by atoms with Crippen LogP contribution in [-0.4, -0.2) is 47.6 Å². The van der Waals surface area contributed by atoms with E-state index in [1.54, 1.807) is 13.0 Å². The molecule has 0 aromatic carbocycles. The Bertz CT molecular complexity index is 504. The van der Waals surface area contributed by atoms with E-state index in [0.717, 1.165) is 5.69 Å². The third kappa shape index (κ3) is 3.46. The smallest absolute Gasteiger partial charge is 0.397 e. The van der Waals surface area contributed by atoms with Crippen molar-refractivity contribution in [3.8, 4) is 5.88 Å². The van der Waals surface area contributed by atoms with Gasteiger partial charge in [0, 0.05) is 24.7 Å². The van der Waals surface area contributed by atoms with Crippen LogP contribution in [0.15, 0.2) is 18.2 Å². The molecule has 2 heterocycles. The number of carbonyl (C=O) groups is 2. The number of amides is 1. The summed E-state index contributed by atoms with van der Waals surface area (Å²) in [5, 5.41) is 0. The molecule has 0 bridgehead atoms. The first-order valence-corrected chi connectivity index (χ1v) is 6.66. The van der Waals surface area contributed by atoms with Crippen LogP contribution in [0.25, 0.3) is 0 Å². The molecule has 6 nitrogen and oxygen atoms in total. The molecule has 0 saturated carbocycles. The van der Waals surface area contributed by atoms with Gasteiger partial charge in [0.05, 0.1) is 13.2 Å². The highest BCUT2D eigenvalue weighted by Gasteiger charge is 2.32. The standard InChI is InChI=1S/C14H18N2O4/c1-3-19-14(18)13(17)16-8-7-11(9-16)20-12-6-4-5-10(2)15-12/h4-6,11H,3,7-9H2,1-2H3. The molecule has 1 aliphatic heterocycles. The van der Waals surface area contributed by atoms with Crippen LogP contribution in [0.4, 0.5) is 0 Å². The van der Waals surface area contributed by atoms with Gasteiger partial charge < -0.3 is 14.4 Å². The van der Waals surface area contributed by atoms with Crippen LogP contribution in [-0.2, 0) is 14.3 Å². The first-order chi connectivity index (χ1) is 9.60. The molecule has 0 N–H and O–H groups in total. The number of ether oxygens (including phenoxy) is 2. The van der Waals surface area contributed by atoms with E-state index in [0.29, 0.717) is 25.4 Å². The van der Waals surface area contributed by atoms with Gasteiger partial charge in [-0.25, -0.2) is 9.78 Å². The van der Waals surface area contributed by atoms with Gasteiger partial charge in [-0.15, -0.1) is 0 Å². The second-order valence-corrected chi connectivity index (χ2v) is 4.62. The van der Waals surface area contributed by atoms with Gasteiger partial charge in [-0.2, -0.15) is 0 Å². The SMILES string of the molecule is CCOC(=O)C(=O)N1CCC(Oc2cccc(C)n2)C1. The lowest BCUT2D eigenvalue weighted by atomic mass is 10.3. The van der Waals surface area contributed by atoms with Gasteiger partial charge >= 0.3 is 11.9 Å². The maximum atomic E-state index is 11.8. The molecule has 1 aromatic heterocycles. The Morgan fingerprint density at radius 2 is 2.25 bits per heavy atom. The van der Waals surface area contributed by atoms with E-state index >= 15 is 0 Å². The molecule has 108 valence electrons. The first kappa shape index (κ1) is 14.3. The number of nitrogens with zero attached hydrogens (tertiary/aromatic N) is 2. The summed E-state index contributed by atoms with van der Waals surface area (Å²) in [6, 6.07) is 5.54. The molecule has 0 radical (unpaired) electrons. The molecule has 20 heavy (non-hydrogen) atoms. The minimum absolute atomic E-state index is 0.136. The van der Waals surface area contributed by atoms with Crippen LogP contribution in [0.5, 0.6) is 5.88 Å². The average Bonchev–Trinajstić information content (AvgIpc) is 2.86. The van der Waals surface area contributed by atoms with E-state index in [9.17, 15) is 9.59 Å². The van der Waals surface area contributed by atoms with Crippen molar-refractivity contribution in [2.75, 3.05) is 19.7 Å². The normalized spacial score (nSPS) is 17.9. The molecular formula is C14H18N2O4. The number of hydrogen-bond donors (Lipinski definition) is 0. The Hall–Kier alpha value is -2.11. The summed E-state index contributed by atoms with van der Waals surface area (Å²) in [6.07, 6.45) is 0.545. The molecule has 1 amide bonds. The lowest BCUT2D eigenvalue weighted by molar-refractivity contribution is -0.159. The van der Waals surface area contributed by atoms with Gasteiger partial charge in [0.25, 0.3) is 0 Å². The van der Waals surface area contributed by atoms with Crippen LogP contribution in [0.3, 0.4) is 0 Å². The molecule has 1 atom stereocenters. The molecule has 0 aliphatic carbocycles. The second-order valence-electron chi connectivity index (χ2n) is 4.62. The summed E-state index contributed by atoms with van der Waals surface area (Å²) in [7, 11) is 0. The minimum Gasteiger partial charge on any atom is -0.472 e. The van der Waals surface area contributed by atoms with E-state index in [2.05, 4.69) is 4.98 Å². The van der Waals surface area contributed by atoms with Crippen LogP contribution in [0.2, 0.25) is 0 Å². The maximum absolute atomic E-state index is 11.8. The van der Waals surface area contributed by atoms with Crippen LogP contribution in [0.1, 0.15) is 19.0 Å². The average molecular weight is 278 g/mol. The van der Waals surface area contributed by atoms with Crippen molar-refractivity contribution in [2.45, 2.75) is 26.4 Å². The topological polar surface area (TPSA) is 68.7 Å². The fourth-order valence-corrected chi connectivity index (χ4v) is 2.09. The summed E-state index contributed by atoms with van der Waals surface area (Å²) in [4.78, 5) is 28.9. The van der Waals surface area contributed by atoms with E-state index in [-0.39, 0.29) is 12.7 Å². The zero-order valence-electron chi connectivity index (χ0n) is 11.7. The van der Waals surface area contributed by atoms with Gasteiger partial charge in [-0.05, 0) is 19.9 Å². The van der Waals surface area contributed by atoms with E-state index in [4.69, 9.17) is 9.47 Å². The van der Waals surface area contributed by atoms with Crippen molar-refractivity contribution >= 4 is 11.9 Å². The highest BCUT2D eigenvalue weighted by molar-refractivity contribution is 6.32. The Labute approximate surface area is 117 Å². The predicted molar refractivity (Wildman–Crippen MR) is 71.2 cm³/mol. The van der Waals surface area contributed by atoms with Crippen molar-refractivity contribution in [1.82, 2.24) is 9.88 Å². The number of rotatable bonds is 3. The Kier molecular flexibility index (Phi) is 4.55. The zero-order chi connectivity index (χ0) is 14.5. The van der Waals surface area contributed by atoms with Gasteiger partial charge in [-0.3, -0.25) is 4.79 Å². The molecule has 1 aliphatic rings. The number of aromatic nitrogens is 1. The van der Waals surface area contributed by atoms with Crippen molar-refractivity contribution < 1.29 is 19.1 Å². The largest absolute Gasteiger partial charge is 0.472 e. The van der Waals surface area contributed by atoms with Crippen LogP contribution in [0, 0.1) is 6.92 Å². The highest BCUT2D eigenvalue weighted by Crippen LogP contribution is 2.17. The fourth-order valence-electron chi connectivity index (χ4n) is 2.09. The van der Waals surface area contributed by atoms with Gasteiger partial charge in [0.2, 0.25) is 5.88 Å². The van der Waals surface area contributed by atoms with Crippen LogP contribution < -0.4 is 4.74 Å². The first-order valence-electron chi connectivity index (χ1n) is 6.66. The number of esters is 1. The Morgan fingerprint density at radius 1 is 1.45 bits per heavy atom. The number of pyridine rings is 1. The Balaban J connectivity index is 1.89. The molecule has 1 fully saturated rings. The van der Waals surface area contributed by atoms with E-state index < -0.39 is 11.9 Å². The molecular weight excluding hydrogens is 260 g/mol. The molecule has 6 heteroatoms. The Morgan fingerprint density at radius 3 is 2.95 bits per heavy atom. The lowest BCUT2D eigenvalue weighted by Gasteiger charge is -2.16. The summed E-state index contributed by atoms with van der Waals surface area (Å²) >= 11 is 0. The monoisotopic (exact) mass is 278 g/mol. The number of carbonyl (C=O) groups excluding carboxylic acids is 2. The predicted octanol–water partition coefficient (Wildman–Crippen LogP) is 0.933.